The predicted octanol–water partition coefficient (Wildman–Crippen LogP) is 4.12. The van der Waals surface area contributed by atoms with Crippen LogP contribution in [0.15, 0.2) is 40.9 Å². The van der Waals surface area contributed by atoms with E-state index in [1.165, 1.54) is 0 Å². The minimum atomic E-state index is -0.203. The van der Waals surface area contributed by atoms with Crippen molar-refractivity contribution in [3.8, 4) is 0 Å². The summed E-state index contributed by atoms with van der Waals surface area (Å²) in [4.78, 5) is 11.6. The lowest BCUT2D eigenvalue weighted by Gasteiger charge is -2.09. The van der Waals surface area contributed by atoms with Crippen LogP contribution in [0.25, 0.3) is 10.8 Å². The number of benzene rings is 2. The number of halogens is 2. The first-order valence-corrected chi connectivity index (χ1v) is 7.41. The summed E-state index contributed by atoms with van der Waals surface area (Å²) in [6.07, 6.45) is 0. The average Bonchev–Trinajstić information content (AvgIpc) is 2.37. The van der Waals surface area contributed by atoms with Crippen LogP contribution >= 0.6 is 31.9 Å². The van der Waals surface area contributed by atoms with E-state index in [-0.39, 0.29) is 6.03 Å². The minimum Gasteiger partial charge on any atom is -0.337 e. The fourth-order valence-electron chi connectivity index (χ4n) is 1.64. The molecule has 0 saturated carbocycles. The smallest absolute Gasteiger partial charge is 0.319 e. The third-order valence-electron chi connectivity index (χ3n) is 2.46. The zero-order valence-corrected chi connectivity index (χ0v) is 12.7. The van der Waals surface area contributed by atoms with Crippen molar-refractivity contribution in [2.24, 2.45) is 0 Å². The molecule has 2 aromatic rings. The van der Waals surface area contributed by atoms with E-state index in [1.54, 1.807) is 0 Å². The van der Waals surface area contributed by atoms with Gasteiger partial charge in [-0.15, -0.1) is 0 Å². The molecule has 0 saturated heterocycles. The maximum absolute atomic E-state index is 11.6. The Morgan fingerprint density at radius 3 is 2.50 bits per heavy atom. The van der Waals surface area contributed by atoms with Gasteiger partial charge in [-0.1, -0.05) is 40.2 Å². The molecule has 18 heavy (non-hydrogen) atoms. The van der Waals surface area contributed by atoms with Crippen LogP contribution in [0.4, 0.5) is 10.5 Å². The fraction of sp³-hybridized carbons (Fsp3) is 0.154. The van der Waals surface area contributed by atoms with Crippen molar-refractivity contribution < 1.29 is 4.79 Å². The first kappa shape index (κ1) is 13.4. The van der Waals surface area contributed by atoms with Gasteiger partial charge in [0.25, 0.3) is 0 Å². The van der Waals surface area contributed by atoms with Crippen LogP contribution in [0.1, 0.15) is 0 Å². The lowest BCUT2D eigenvalue weighted by atomic mass is 10.1. The van der Waals surface area contributed by atoms with Gasteiger partial charge in [0.05, 0.1) is 5.69 Å². The molecule has 5 heteroatoms. The Bertz CT molecular complexity index is 572. The number of fused-ring (bicyclic) bond motifs is 1. The van der Waals surface area contributed by atoms with Gasteiger partial charge in [-0.05, 0) is 38.8 Å². The van der Waals surface area contributed by atoms with Gasteiger partial charge in [0.1, 0.15) is 0 Å². The molecule has 0 heterocycles. The number of anilines is 1. The summed E-state index contributed by atoms with van der Waals surface area (Å²) in [6, 6.07) is 11.8. The second-order valence-corrected chi connectivity index (χ2v) is 5.40. The highest BCUT2D eigenvalue weighted by Crippen LogP contribution is 2.28. The van der Waals surface area contributed by atoms with Gasteiger partial charge in [-0.3, -0.25) is 0 Å². The zero-order chi connectivity index (χ0) is 13.0. The van der Waals surface area contributed by atoms with Crippen molar-refractivity contribution in [3.63, 3.8) is 0 Å². The van der Waals surface area contributed by atoms with E-state index in [4.69, 9.17) is 0 Å². The molecule has 3 nitrogen and oxygen atoms in total. The molecule has 0 atom stereocenters. The highest BCUT2D eigenvalue weighted by atomic mass is 79.9. The average molecular weight is 372 g/mol. The summed E-state index contributed by atoms with van der Waals surface area (Å²) < 4.78 is 0.871. The molecule has 2 aromatic carbocycles. The topological polar surface area (TPSA) is 41.1 Å². The maximum atomic E-state index is 11.6. The Morgan fingerprint density at radius 1 is 1.17 bits per heavy atom. The molecule has 94 valence electrons. The van der Waals surface area contributed by atoms with E-state index < -0.39 is 0 Å². The Labute approximate surface area is 122 Å². The summed E-state index contributed by atoms with van der Waals surface area (Å²) in [5.41, 5.74) is 0.765. The van der Waals surface area contributed by atoms with Crippen LogP contribution in [-0.4, -0.2) is 17.9 Å². The predicted molar refractivity (Wildman–Crippen MR) is 82.5 cm³/mol. The summed E-state index contributed by atoms with van der Waals surface area (Å²) in [7, 11) is 0. The van der Waals surface area contributed by atoms with Crippen molar-refractivity contribution in [2.45, 2.75) is 0 Å². The number of carbonyl (C=O) groups excluding carboxylic acids is 1. The molecule has 2 rings (SSSR count). The molecule has 0 aliphatic heterocycles. The number of hydrogen-bond acceptors (Lipinski definition) is 1. The number of carbonyl (C=O) groups is 1. The normalized spacial score (nSPS) is 10.3. The third kappa shape index (κ3) is 3.23. The van der Waals surface area contributed by atoms with Crippen LogP contribution in [0.2, 0.25) is 0 Å². The second-order valence-electron chi connectivity index (χ2n) is 3.75. The molecular formula is C13H12Br2N2O. The van der Waals surface area contributed by atoms with Gasteiger partial charge in [-0.25, -0.2) is 4.79 Å². The van der Waals surface area contributed by atoms with E-state index in [0.717, 1.165) is 26.3 Å². The lowest BCUT2D eigenvalue weighted by molar-refractivity contribution is 0.252. The number of nitrogens with one attached hydrogen (secondary N) is 2. The molecule has 0 bridgehead atoms. The molecule has 0 fully saturated rings. The number of rotatable bonds is 3. The Balaban J connectivity index is 2.22. The van der Waals surface area contributed by atoms with Gasteiger partial charge >= 0.3 is 6.03 Å². The van der Waals surface area contributed by atoms with E-state index in [2.05, 4.69) is 42.5 Å². The maximum Gasteiger partial charge on any atom is 0.319 e. The van der Waals surface area contributed by atoms with Gasteiger partial charge in [-0.2, -0.15) is 0 Å². The number of urea groups is 1. The summed E-state index contributed by atoms with van der Waals surface area (Å²) in [5, 5.41) is 8.52. The fourth-order valence-corrected chi connectivity index (χ4v) is 2.29. The van der Waals surface area contributed by atoms with Crippen LogP contribution in [0.3, 0.4) is 0 Å². The number of amides is 2. The molecule has 2 N–H and O–H groups in total. The summed E-state index contributed by atoms with van der Waals surface area (Å²) in [5.74, 6) is 0. The summed E-state index contributed by atoms with van der Waals surface area (Å²) in [6.45, 7) is 0.594. The first-order chi connectivity index (χ1) is 8.70. The Kier molecular flexibility index (Phi) is 4.60. The van der Waals surface area contributed by atoms with Gasteiger partial charge < -0.3 is 10.6 Å². The van der Waals surface area contributed by atoms with Crippen molar-refractivity contribution in [1.82, 2.24) is 5.32 Å². The van der Waals surface area contributed by atoms with Crippen molar-refractivity contribution in [2.75, 3.05) is 17.2 Å². The van der Waals surface area contributed by atoms with E-state index >= 15 is 0 Å². The monoisotopic (exact) mass is 370 g/mol. The third-order valence-corrected chi connectivity index (χ3v) is 3.52. The van der Waals surface area contributed by atoms with Crippen LogP contribution in [-0.2, 0) is 0 Å². The van der Waals surface area contributed by atoms with Crippen molar-refractivity contribution >= 4 is 54.4 Å². The molecular weight excluding hydrogens is 360 g/mol. The van der Waals surface area contributed by atoms with Crippen LogP contribution < -0.4 is 10.6 Å². The lowest BCUT2D eigenvalue weighted by Crippen LogP contribution is -2.30. The van der Waals surface area contributed by atoms with E-state index in [1.807, 2.05) is 36.4 Å². The zero-order valence-electron chi connectivity index (χ0n) is 9.54. The largest absolute Gasteiger partial charge is 0.337 e. The molecule has 2 amide bonds. The van der Waals surface area contributed by atoms with Crippen LogP contribution in [0, 0.1) is 0 Å². The van der Waals surface area contributed by atoms with Crippen LogP contribution in [0.5, 0.6) is 0 Å². The van der Waals surface area contributed by atoms with Gasteiger partial charge in [0, 0.05) is 16.3 Å². The van der Waals surface area contributed by atoms with Gasteiger partial charge in [0.15, 0.2) is 0 Å². The minimum absolute atomic E-state index is 0.203. The summed E-state index contributed by atoms with van der Waals surface area (Å²) >= 11 is 6.72. The van der Waals surface area contributed by atoms with Gasteiger partial charge in [0.2, 0.25) is 0 Å². The standard InChI is InChI=1S/C13H12Br2N2O/c14-5-6-16-13(18)17-12-8-10-4-2-1-3-9(10)7-11(12)15/h1-4,7-8H,5-6H2,(H2,16,17,18). The molecule has 0 spiro atoms. The molecule has 0 aliphatic rings. The molecule has 0 aromatic heterocycles. The van der Waals surface area contributed by atoms with Crippen molar-refractivity contribution in [1.29, 1.82) is 0 Å². The Hall–Kier alpha value is -1.07. The van der Waals surface area contributed by atoms with E-state index in [9.17, 15) is 4.79 Å². The molecule has 0 aliphatic carbocycles. The highest BCUT2D eigenvalue weighted by molar-refractivity contribution is 9.10. The molecule has 0 radical (unpaired) electrons. The number of alkyl halides is 1. The van der Waals surface area contributed by atoms with E-state index in [0.29, 0.717) is 6.54 Å². The second kappa shape index (κ2) is 6.20. The quantitative estimate of drug-likeness (QED) is 0.783. The first-order valence-electron chi connectivity index (χ1n) is 5.50. The Morgan fingerprint density at radius 2 is 1.83 bits per heavy atom. The highest BCUT2D eigenvalue weighted by Gasteiger charge is 2.06. The molecule has 0 unspecified atom stereocenters. The van der Waals surface area contributed by atoms with Crippen molar-refractivity contribution in [3.05, 3.63) is 40.9 Å². The number of hydrogen-bond donors (Lipinski definition) is 2. The SMILES string of the molecule is O=C(NCCBr)Nc1cc2ccccc2cc1Br.